The van der Waals surface area contributed by atoms with Crippen LogP contribution in [0.1, 0.15) is 29.5 Å². The minimum atomic E-state index is -0.303. The van der Waals surface area contributed by atoms with E-state index in [0.717, 1.165) is 23.9 Å². The molecule has 3 N–H and O–H groups in total. The highest BCUT2D eigenvalue weighted by Crippen LogP contribution is 2.29. The second-order valence-corrected chi connectivity index (χ2v) is 8.06. The normalized spacial score (nSPS) is 18.9. The van der Waals surface area contributed by atoms with Crippen molar-refractivity contribution < 1.29 is 14.0 Å². The quantitative estimate of drug-likeness (QED) is 0.697. The third-order valence-corrected chi connectivity index (χ3v) is 5.62. The van der Waals surface area contributed by atoms with Crippen molar-refractivity contribution in [3.8, 4) is 0 Å². The molecule has 3 aromatic rings. The summed E-state index contributed by atoms with van der Waals surface area (Å²) in [5.41, 5.74) is 8.10. The number of carbonyl (C=O) groups excluding carboxylic acids is 2. The molecule has 0 spiro atoms. The maximum absolute atomic E-state index is 12.6. The van der Waals surface area contributed by atoms with Crippen molar-refractivity contribution in [1.82, 2.24) is 4.90 Å². The van der Waals surface area contributed by atoms with E-state index >= 15 is 0 Å². The Morgan fingerprint density at radius 1 is 1.17 bits per heavy atom. The van der Waals surface area contributed by atoms with Gasteiger partial charge in [0, 0.05) is 24.2 Å². The standard InChI is InChI=1S/C23H25N3O3/c1-23(14-24)10-11-26(15-23)21(27)12-16-6-8-18(9-7-16)25-22(28)20-13-17-4-2-3-5-19(17)29-20/h2-9,13H,10-12,14-15,24H2,1H3,(H,25,28). The average Bonchev–Trinajstić information content (AvgIpc) is 3.34. The molecule has 1 atom stereocenters. The minimum Gasteiger partial charge on any atom is -0.451 e. The first-order valence-corrected chi connectivity index (χ1v) is 9.82. The summed E-state index contributed by atoms with van der Waals surface area (Å²) >= 11 is 0. The topological polar surface area (TPSA) is 88.6 Å². The first kappa shape index (κ1) is 19.2. The van der Waals surface area contributed by atoms with Gasteiger partial charge in [-0.3, -0.25) is 9.59 Å². The lowest BCUT2D eigenvalue weighted by molar-refractivity contribution is -0.129. The van der Waals surface area contributed by atoms with E-state index in [1.54, 1.807) is 18.2 Å². The number of nitrogens with zero attached hydrogens (tertiary/aromatic N) is 1. The molecule has 0 radical (unpaired) electrons. The molecule has 1 fully saturated rings. The number of para-hydroxylation sites is 1. The van der Waals surface area contributed by atoms with Crippen LogP contribution in [-0.4, -0.2) is 36.3 Å². The molecule has 2 aromatic carbocycles. The monoisotopic (exact) mass is 391 g/mol. The van der Waals surface area contributed by atoms with E-state index in [1.807, 2.05) is 41.3 Å². The Kier molecular flexibility index (Phi) is 5.11. The molecule has 0 bridgehead atoms. The zero-order chi connectivity index (χ0) is 20.4. The Morgan fingerprint density at radius 3 is 2.62 bits per heavy atom. The molecule has 6 heteroatoms. The van der Waals surface area contributed by atoms with Gasteiger partial charge in [0.1, 0.15) is 5.58 Å². The minimum absolute atomic E-state index is 0.0282. The third-order valence-electron chi connectivity index (χ3n) is 5.62. The number of benzene rings is 2. The van der Waals surface area contributed by atoms with E-state index in [9.17, 15) is 9.59 Å². The van der Waals surface area contributed by atoms with Crippen molar-refractivity contribution in [3.05, 3.63) is 65.9 Å². The van der Waals surface area contributed by atoms with Crippen molar-refractivity contribution >= 4 is 28.5 Å². The highest BCUT2D eigenvalue weighted by molar-refractivity contribution is 6.04. The lowest BCUT2D eigenvalue weighted by Crippen LogP contribution is -2.35. The molecule has 1 aliphatic rings. The molecule has 1 unspecified atom stereocenters. The molecule has 0 saturated carbocycles. The van der Waals surface area contributed by atoms with Gasteiger partial charge < -0.3 is 20.4 Å². The van der Waals surface area contributed by atoms with Crippen molar-refractivity contribution in [2.75, 3.05) is 25.0 Å². The van der Waals surface area contributed by atoms with Gasteiger partial charge in [0.05, 0.1) is 6.42 Å². The fraction of sp³-hybridized carbons (Fsp3) is 0.304. The predicted octanol–water partition coefficient (Wildman–Crippen LogP) is 3.42. The van der Waals surface area contributed by atoms with E-state index < -0.39 is 0 Å². The van der Waals surface area contributed by atoms with Crippen LogP contribution in [0.15, 0.2) is 59.0 Å². The fourth-order valence-electron chi connectivity index (χ4n) is 3.68. The summed E-state index contributed by atoms with van der Waals surface area (Å²) in [4.78, 5) is 26.9. The van der Waals surface area contributed by atoms with Crippen molar-refractivity contribution in [2.24, 2.45) is 11.1 Å². The summed E-state index contributed by atoms with van der Waals surface area (Å²) in [6, 6.07) is 16.6. The van der Waals surface area contributed by atoms with Crippen LogP contribution in [-0.2, 0) is 11.2 Å². The summed E-state index contributed by atoms with van der Waals surface area (Å²) in [6.07, 6.45) is 1.29. The van der Waals surface area contributed by atoms with Gasteiger partial charge in [-0.25, -0.2) is 0 Å². The smallest absolute Gasteiger partial charge is 0.291 e. The van der Waals surface area contributed by atoms with E-state index in [0.29, 0.717) is 30.8 Å². The first-order chi connectivity index (χ1) is 14.0. The zero-order valence-corrected chi connectivity index (χ0v) is 16.5. The zero-order valence-electron chi connectivity index (χ0n) is 16.5. The van der Waals surface area contributed by atoms with Crippen LogP contribution in [0, 0.1) is 5.41 Å². The number of hydrogen-bond donors (Lipinski definition) is 2. The number of fused-ring (bicyclic) bond motifs is 1. The number of hydrogen-bond acceptors (Lipinski definition) is 4. The Morgan fingerprint density at radius 2 is 1.93 bits per heavy atom. The number of amides is 2. The van der Waals surface area contributed by atoms with Crippen LogP contribution >= 0.6 is 0 Å². The van der Waals surface area contributed by atoms with E-state index in [-0.39, 0.29) is 23.0 Å². The van der Waals surface area contributed by atoms with Crippen LogP contribution in [0.3, 0.4) is 0 Å². The number of anilines is 1. The lowest BCUT2D eigenvalue weighted by atomic mass is 9.90. The Labute approximate surface area is 169 Å². The highest BCUT2D eigenvalue weighted by Gasteiger charge is 2.34. The summed E-state index contributed by atoms with van der Waals surface area (Å²) in [7, 11) is 0. The van der Waals surface area contributed by atoms with Gasteiger partial charge in [-0.2, -0.15) is 0 Å². The average molecular weight is 391 g/mol. The third kappa shape index (κ3) is 4.17. The highest BCUT2D eigenvalue weighted by atomic mass is 16.3. The summed E-state index contributed by atoms with van der Waals surface area (Å²) in [5, 5.41) is 3.72. The Hall–Kier alpha value is -3.12. The number of nitrogens with two attached hydrogens (primary N) is 1. The summed E-state index contributed by atoms with van der Waals surface area (Å²) in [5.74, 6) is 0.0758. The molecule has 0 aliphatic carbocycles. The number of likely N-dealkylation sites (tertiary alicyclic amines) is 1. The largest absolute Gasteiger partial charge is 0.451 e. The van der Waals surface area contributed by atoms with E-state index in [1.165, 1.54) is 0 Å². The molecule has 1 aromatic heterocycles. The molecule has 1 aliphatic heterocycles. The first-order valence-electron chi connectivity index (χ1n) is 9.82. The van der Waals surface area contributed by atoms with Crippen LogP contribution in [0.2, 0.25) is 0 Å². The summed E-state index contributed by atoms with van der Waals surface area (Å²) < 4.78 is 5.59. The van der Waals surface area contributed by atoms with Crippen molar-refractivity contribution in [2.45, 2.75) is 19.8 Å². The van der Waals surface area contributed by atoms with Crippen molar-refractivity contribution in [3.63, 3.8) is 0 Å². The summed E-state index contributed by atoms with van der Waals surface area (Å²) in [6.45, 7) is 4.20. The number of rotatable bonds is 5. The molecule has 150 valence electrons. The molecule has 29 heavy (non-hydrogen) atoms. The van der Waals surface area contributed by atoms with Gasteiger partial charge in [-0.1, -0.05) is 37.3 Å². The molecule has 2 amide bonds. The van der Waals surface area contributed by atoms with Crippen LogP contribution in [0.25, 0.3) is 11.0 Å². The van der Waals surface area contributed by atoms with Crippen LogP contribution < -0.4 is 11.1 Å². The van der Waals surface area contributed by atoms with Crippen LogP contribution in [0.5, 0.6) is 0 Å². The van der Waals surface area contributed by atoms with Gasteiger partial charge in [0.25, 0.3) is 5.91 Å². The lowest BCUT2D eigenvalue weighted by Gasteiger charge is -2.22. The maximum Gasteiger partial charge on any atom is 0.291 e. The molecule has 2 heterocycles. The molecular weight excluding hydrogens is 366 g/mol. The molecule has 1 saturated heterocycles. The Balaban J connectivity index is 1.36. The van der Waals surface area contributed by atoms with Gasteiger partial charge in [-0.05, 0) is 48.2 Å². The SMILES string of the molecule is CC1(CN)CCN(C(=O)Cc2ccc(NC(=O)c3cc4ccccc4o3)cc2)C1. The van der Waals surface area contributed by atoms with Gasteiger partial charge in [0.2, 0.25) is 5.91 Å². The molecule has 4 rings (SSSR count). The molecule has 6 nitrogen and oxygen atoms in total. The van der Waals surface area contributed by atoms with Crippen molar-refractivity contribution in [1.29, 1.82) is 0 Å². The predicted molar refractivity (Wildman–Crippen MR) is 113 cm³/mol. The maximum atomic E-state index is 12.6. The second-order valence-electron chi connectivity index (χ2n) is 8.06. The number of carbonyl (C=O) groups is 2. The second kappa shape index (κ2) is 7.72. The molecular formula is C23H25N3O3. The van der Waals surface area contributed by atoms with Gasteiger partial charge >= 0.3 is 0 Å². The number of nitrogens with one attached hydrogen (secondary N) is 1. The fourth-order valence-corrected chi connectivity index (χ4v) is 3.68. The van der Waals surface area contributed by atoms with E-state index in [4.69, 9.17) is 10.2 Å². The van der Waals surface area contributed by atoms with Gasteiger partial charge in [0.15, 0.2) is 5.76 Å². The Bertz CT molecular complexity index is 1010. The van der Waals surface area contributed by atoms with E-state index in [2.05, 4.69) is 12.2 Å². The van der Waals surface area contributed by atoms with Gasteiger partial charge in [-0.15, -0.1) is 0 Å². The van der Waals surface area contributed by atoms with Crippen LogP contribution in [0.4, 0.5) is 5.69 Å². The number of furan rings is 1.